The van der Waals surface area contributed by atoms with Crippen LogP contribution < -0.4 is 5.73 Å². The summed E-state index contributed by atoms with van der Waals surface area (Å²) in [4.78, 5) is 11.4. The van der Waals surface area contributed by atoms with Crippen molar-refractivity contribution in [1.29, 1.82) is 0 Å². The first-order chi connectivity index (χ1) is 8.01. The molecule has 0 saturated heterocycles. The van der Waals surface area contributed by atoms with Crippen molar-refractivity contribution in [1.82, 2.24) is 0 Å². The first-order valence-electron chi connectivity index (χ1n) is 6.50. The molecule has 2 N–H and O–H groups in total. The van der Waals surface area contributed by atoms with Crippen molar-refractivity contribution >= 4 is 5.97 Å². The van der Waals surface area contributed by atoms with Crippen LogP contribution in [0.4, 0.5) is 0 Å². The van der Waals surface area contributed by atoms with Crippen LogP contribution in [-0.2, 0) is 14.3 Å². The molecule has 100 valence electrons. The molecule has 0 aliphatic heterocycles. The molecule has 17 heavy (non-hydrogen) atoms. The second-order valence-corrected chi connectivity index (χ2v) is 5.21. The molecule has 1 fully saturated rings. The van der Waals surface area contributed by atoms with Crippen molar-refractivity contribution in [3.63, 3.8) is 0 Å². The Balaban J connectivity index is 2.45. The van der Waals surface area contributed by atoms with E-state index in [9.17, 15) is 4.79 Å². The molecule has 0 radical (unpaired) electrons. The predicted molar refractivity (Wildman–Crippen MR) is 66.6 cm³/mol. The Morgan fingerprint density at radius 2 is 2.06 bits per heavy atom. The molecule has 0 heterocycles. The molecule has 3 unspecified atom stereocenters. The van der Waals surface area contributed by atoms with Gasteiger partial charge in [-0.3, -0.25) is 0 Å². The summed E-state index contributed by atoms with van der Waals surface area (Å²) in [5, 5.41) is 0. The summed E-state index contributed by atoms with van der Waals surface area (Å²) >= 11 is 0. The van der Waals surface area contributed by atoms with Gasteiger partial charge in [0.2, 0.25) is 0 Å². The van der Waals surface area contributed by atoms with Crippen molar-refractivity contribution in [2.45, 2.75) is 57.6 Å². The fourth-order valence-corrected chi connectivity index (χ4v) is 2.43. The highest BCUT2D eigenvalue weighted by Crippen LogP contribution is 2.29. The van der Waals surface area contributed by atoms with Gasteiger partial charge in [-0.25, -0.2) is 4.79 Å². The highest BCUT2D eigenvalue weighted by atomic mass is 16.5. The molecule has 1 saturated carbocycles. The summed E-state index contributed by atoms with van der Waals surface area (Å²) in [6, 6.07) is 0. The number of carbonyl (C=O) groups excluding carboxylic acids is 1. The van der Waals surface area contributed by atoms with E-state index in [1.165, 1.54) is 26.4 Å². The smallest absolute Gasteiger partial charge is 0.327 e. The van der Waals surface area contributed by atoms with Gasteiger partial charge in [0.1, 0.15) is 5.54 Å². The van der Waals surface area contributed by atoms with Crippen molar-refractivity contribution in [3.8, 4) is 0 Å². The van der Waals surface area contributed by atoms with Gasteiger partial charge in [0.15, 0.2) is 0 Å². The molecule has 0 bridgehead atoms. The minimum absolute atomic E-state index is 0.237. The molecule has 0 spiro atoms. The number of rotatable bonds is 5. The maximum Gasteiger partial charge on any atom is 0.327 e. The zero-order chi connectivity index (χ0) is 12.9. The van der Waals surface area contributed by atoms with Crippen LogP contribution in [0.1, 0.15) is 46.0 Å². The van der Waals surface area contributed by atoms with E-state index in [-0.39, 0.29) is 12.7 Å². The topological polar surface area (TPSA) is 61.5 Å². The molecule has 1 aliphatic carbocycles. The van der Waals surface area contributed by atoms with Gasteiger partial charge >= 0.3 is 5.97 Å². The van der Waals surface area contributed by atoms with E-state index in [0.717, 1.165) is 12.8 Å². The molecule has 3 atom stereocenters. The van der Waals surface area contributed by atoms with E-state index in [1.54, 1.807) is 6.92 Å². The minimum Gasteiger partial charge on any atom is -0.468 e. The number of carbonyl (C=O) groups is 1. The summed E-state index contributed by atoms with van der Waals surface area (Å²) in [5.74, 6) is 0.193. The summed E-state index contributed by atoms with van der Waals surface area (Å²) in [6.07, 6.45) is 6.18. The molecule has 1 aliphatic rings. The third-order valence-corrected chi connectivity index (χ3v) is 3.61. The van der Waals surface area contributed by atoms with Gasteiger partial charge in [-0.1, -0.05) is 26.2 Å². The summed E-state index contributed by atoms with van der Waals surface area (Å²) in [6.45, 7) is 4.08. The fraction of sp³-hybridized carbons (Fsp3) is 0.923. The summed E-state index contributed by atoms with van der Waals surface area (Å²) in [5.41, 5.74) is 4.84. The van der Waals surface area contributed by atoms with Gasteiger partial charge in [-0.05, 0) is 25.7 Å². The number of hydrogen-bond donors (Lipinski definition) is 1. The number of methoxy groups -OCH3 is 1. The van der Waals surface area contributed by atoms with E-state index in [2.05, 4.69) is 11.7 Å². The Labute approximate surface area is 104 Å². The molecule has 0 amide bonds. The molecular weight excluding hydrogens is 218 g/mol. The Morgan fingerprint density at radius 3 is 2.65 bits per heavy atom. The Kier molecular flexibility index (Phi) is 5.40. The lowest BCUT2D eigenvalue weighted by Gasteiger charge is -2.33. The molecule has 4 heteroatoms. The van der Waals surface area contributed by atoms with E-state index < -0.39 is 11.5 Å². The zero-order valence-corrected chi connectivity index (χ0v) is 11.2. The monoisotopic (exact) mass is 243 g/mol. The first kappa shape index (κ1) is 14.5. The lowest BCUT2D eigenvalue weighted by Crippen LogP contribution is -2.51. The van der Waals surface area contributed by atoms with Crippen LogP contribution in [0.25, 0.3) is 0 Å². The highest BCUT2D eigenvalue weighted by molar-refractivity contribution is 5.80. The van der Waals surface area contributed by atoms with Crippen molar-refractivity contribution in [2.24, 2.45) is 11.7 Å². The van der Waals surface area contributed by atoms with Crippen LogP contribution in [0.2, 0.25) is 0 Å². The van der Waals surface area contributed by atoms with Crippen molar-refractivity contribution < 1.29 is 14.3 Å². The third kappa shape index (κ3) is 3.96. The van der Waals surface area contributed by atoms with Crippen LogP contribution >= 0.6 is 0 Å². The fourth-order valence-electron chi connectivity index (χ4n) is 2.43. The highest BCUT2D eigenvalue weighted by Gasteiger charge is 2.33. The Morgan fingerprint density at radius 1 is 1.41 bits per heavy atom. The van der Waals surface area contributed by atoms with Crippen molar-refractivity contribution in [3.05, 3.63) is 0 Å². The number of ether oxygens (including phenoxy) is 2. The second-order valence-electron chi connectivity index (χ2n) is 5.21. The van der Waals surface area contributed by atoms with Gasteiger partial charge in [0.05, 0.1) is 19.8 Å². The largest absolute Gasteiger partial charge is 0.468 e. The molecule has 0 aromatic rings. The normalized spacial score (nSPS) is 28.5. The SMILES string of the molecule is CCC1CCCCC1OCC(C)(N)C(=O)OC. The average Bonchev–Trinajstić information content (AvgIpc) is 2.35. The maximum atomic E-state index is 11.4. The summed E-state index contributed by atoms with van der Waals surface area (Å²) < 4.78 is 10.5. The predicted octanol–water partition coefficient (Wildman–Crippen LogP) is 1.86. The third-order valence-electron chi connectivity index (χ3n) is 3.61. The van der Waals surface area contributed by atoms with E-state index in [0.29, 0.717) is 5.92 Å². The minimum atomic E-state index is -1.04. The number of hydrogen-bond acceptors (Lipinski definition) is 4. The van der Waals surface area contributed by atoms with Crippen LogP contribution in [0, 0.1) is 5.92 Å². The number of nitrogens with two attached hydrogens (primary N) is 1. The molecule has 4 nitrogen and oxygen atoms in total. The van der Waals surface area contributed by atoms with Gasteiger partial charge in [-0.2, -0.15) is 0 Å². The Hall–Kier alpha value is -0.610. The maximum absolute atomic E-state index is 11.4. The standard InChI is InChI=1S/C13H25NO3/c1-4-10-7-5-6-8-11(10)17-9-13(2,14)12(15)16-3/h10-11H,4-9,14H2,1-3H3. The first-order valence-corrected chi connectivity index (χ1v) is 6.50. The van der Waals surface area contributed by atoms with Gasteiger partial charge in [-0.15, -0.1) is 0 Å². The zero-order valence-electron chi connectivity index (χ0n) is 11.2. The lowest BCUT2D eigenvalue weighted by molar-refractivity contribution is -0.150. The van der Waals surface area contributed by atoms with Crippen LogP contribution in [-0.4, -0.2) is 31.3 Å². The van der Waals surface area contributed by atoms with Crippen LogP contribution in [0.15, 0.2) is 0 Å². The van der Waals surface area contributed by atoms with E-state index >= 15 is 0 Å². The number of esters is 1. The van der Waals surface area contributed by atoms with Crippen molar-refractivity contribution in [2.75, 3.05) is 13.7 Å². The van der Waals surface area contributed by atoms with Crippen LogP contribution in [0.3, 0.4) is 0 Å². The van der Waals surface area contributed by atoms with E-state index in [1.807, 2.05) is 0 Å². The average molecular weight is 243 g/mol. The molecular formula is C13H25NO3. The van der Waals surface area contributed by atoms with Gasteiger partial charge < -0.3 is 15.2 Å². The van der Waals surface area contributed by atoms with Gasteiger partial charge in [0, 0.05) is 0 Å². The Bertz CT molecular complexity index is 253. The molecule has 0 aromatic carbocycles. The summed E-state index contributed by atoms with van der Waals surface area (Å²) in [7, 11) is 1.35. The van der Waals surface area contributed by atoms with Crippen LogP contribution in [0.5, 0.6) is 0 Å². The molecule has 1 rings (SSSR count). The van der Waals surface area contributed by atoms with E-state index in [4.69, 9.17) is 10.5 Å². The molecule has 0 aromatic heterocycles. The lowest BCUT2D eigenvalue weighted by atomic mass is 9.84. The second kappa shape index (κ2) is 6.36. The van der Waals surface area contributed by atoms with Gasteiger partial charge in [0.25, 0.3) is 0 Å². The quantitative estimate of drug-likeness (QED) is 0.749.